The normalized spacial score (nSPS) is 26.0. The highest BCUT2D eigenvalue weighted by atomic mass is 16.5. The molecule has 4 N–H and O–H groups in total. The van der Waals surface area contributed by atoms with Crippen molar-refractivity contribution in [1.29, 1.82) is 0 Å². The summed E-state index contributed by atoms with van der Waals surface area (Å²) in [5, 5.41) is 11.7. The Morgan fingerprint density at radius 2 is 2.50 bits per heavy atom. The molecule has 0 spiro atoms. The number of carboxylic acids is 1. The van der Waals surface area contributed by atoms with E-state index in [1.165, 1.54) is 0 Å². The molecule has 5 heteroatoms. The van der Waals surface area contributed by atoms with Gasteiger partial charge >= 0.3 is 5.97 Å². The molecule has 0 aliphatic carbocycles. The highest BCUT2D eigenvalue weighted by Crippen LogP contribution is 2.15. The van der Waals surface area contributed by atoms with Crippen molar-refractivity contribution in [1.82, 2.24) is 5.32 Å². The van der Waals surface area contributed by atoms with E-state index in [-0.39, 0.29) is 6.04 Å². The van der Waals surface area contributed by atoms with Crippen LogP contribution in [0.4, 0.5) is 0 Å². The molecule has 3 unspecified atom stereocenters. The first-order chi connectivity index (χ1) is 6.61. The first-order valence-corrected chi connectivity index (χ1v) is 4.90. The number of nitrogens with two attached hydrogens (primary N) is 1. The van der Waals surface area contributed by atoms with Crippen molar-refractivity contribution in [2.24, 2.45) is 11.7 Å². The number of hydrogen-bond acceptors (Lipinski definition) is 4. The van der Waals surface area contributed by atoms with Crippen LogP contribution in [0.3, 0.4) is 0 Å². The van der Waals surface area contributed by atoms with Gasteiger partial charge in [0.1, 0.15) is 6.04 Å². The van der Waals surface area contributed by atoms with Crippen molar-refractivity contribution in [3.63, 3.8) is 0 Å². The second-order valence-corrected chi connectivity index (χ2v) is 3.77. The number of carboxylic acid groups (broad SMARTS) is 1. The second-order valence-electron chi connectivity index (χ2n) is 3.77. The molecule has 1 aliphatic heterocycles. The minimum Gasteiger partial charge on any atom is -0.480 e. The molecule has 0 bridgehead atoms. The van der Waals surface area contributed by atoms with Crippen LogP contribution in [0, 0.1) is 5.92 Å². The maximum Gasteiger partial charge on any atom is 0.321 e. The van der Waals surface area contributed by atoms with E-state index in [0.29, 0.717) is 12.5 Å². The van der Waals surface area contributed by atoms with Crippen molar-refractivity contribution in [2.45, 2.75) is 25.4 Å². The monoisotopic (exact) mass is 202 g/mol. The predicted octanol–water partition coefficient (Wildman–Crippen LogP) is -0.587. The molecule has 0 aromatic rings. The minimum atomic E-state index is -0.965. The Hall–Kier alpha value is -0.650. The van der Waals surface area contributed by atoms with E-state index in [1.807, 2.05) is 6.92 Å². The molecule has 0 amide bonds. The number of rotatable bonds is 5. The molecule has 0 radical (unpaired) electrons. The van der Waals surface area contributed by atoms with E-state index in [1.54, 1.807) is 0 Å². The molecule has 82 valence electrons. The van der Waals surface area contributed by atoms with Crippen LogP contribution in [0.5, 0.6) is 0 Å². The van der Waals surface area contributed by atoms with Crippen molar-refractivity contribution in [2.75, 3.05) is 19.8 Å². The van der Waals surface area contributed by atoms with Crippen LogP contribution in [0.1, 0.15) is 13.3 Å². The lowest BCUT2D eigenvalue weighted by atomic mass is 10.0. The van der Waals surface area contributed by atoms with Crippen molar-refractivity contribution >= 4 is 5.97 Å². The highest BCUT2D eigenvalue weighted by molar-refractivity contribution is 5.73. The molecule has 0 saturated carbocycles. The van der Waals surface area contributed by atoms with Gasteiger partial charge in [-0.05, 0) is 19.3 Å². The molecule has 0 aromatic heterocycles. The summed E-state index contributed by atoms with van der Waals surface area (Å²) in [6.45, 7) is 3.92. The Labute approximate surface area is 83.6 Å². The molecule has 1 heterocycles. The summed E-state index contributed by atoms with van der Waals surface area (Å²) >= 11 is 0. The van der Waals surface area contributed by atoms with Gasteiger partial charge in [-0.15, -0.1) is 0 Å². The molecular weight excluding hydrogens is 184 g/mol. The zero-order valence-corrected chi connectivity index (χ0v) is 8.40. The summed E-state index contributed by atoms with van der Waals surface area (Å²) in [5.41, 5.74) is 5.37. The van der Waals surface area contributed by atoms with Gasteiger partial charge in [0.05, 0.1) is 6.61 Å². The first-order valence-electron chi connectivity index (χ1n) is 4.90. The number of hydrogen-bond donors (Lipinski definition) is 3. The third-order valence-corrected chi connectivity index (χ3v) is 2.65. The third kappa shape index (κ3) is 3.25. The summed E-state index contributed by atoms with van der Waals surface area (Å²) in [6.07, 6.45) is 1.04. The van der Waals surface area contributed by atoms with Crippen LogP contribution >= 0.6 is 0 Å². The zero-order chi connectivity index (χ0) is 10.6. The summed E-state index contributed by atoms with van der Waals surface area (Å²) in [4.78, 5) is 10.4. The van der Waals surface area contributed by atoms with Gasteiger partial charge in [0.25, 0.3) is 0 Å². The van der Waals surface area contributed by atoms with Gasteiger partial charge < -0.3 is 20.9 Å². The van der Waals surface area contributed by atoms with Gasteiger partial charge in [-0.2, -0.15) is 0 Å². The zero-order valence-electron chi connectivity index (χ0n) is 8.40. The topological polar surface area (TPSA) is 84.6 Å². The van der Waals surface area contributed by atoms with Crippen LogP contribution in [0.2, 0.25) is 0 Å². The Kier molecular flexibility index (Phi) is 4.31. The molecule has 1 rings (SSSR count). The molecule has 1 aliphatic rings. The van der Waals surface area contributed by atoms with Gasteiger partial charge in [-0.1, -0.05) is 0 Å². The van der Waals surface area contributed by atoms with Crippen molar-refractivity contribution in [3.8, 4) is 0 Å². The van der Waals surface area contributed by atoms with E-state index < -0.39 is 12.0 Å². The fourth-order valence-corrected chi connectivity index (χ4v) is 1.51. The SMILES string of the molecule is CC(NCC(N)C(=O)O)C1CCOC1. The minimum absolute atomic E-state index is 0.267. The Morgan fingerprint density at radius 3 is 3.00 bits per heavy atom. The van der Waals surface area contributed by atoms with Gasteiger partial charge in [0, 0.05) is 19.2 Å². The average Bonchev–Trinajstić information content (AvgIpc) is 2.66. The molecule has 0 aromatic carbocycles. The lowest BCUT2D eigenvalue weighted by molar-refractivity contribution is -0.138. The third-order valence-electron chi connectivity index (χ3n) is 2.65. The molecule has 14 heavy (non-hydrogen) atoms. The average molecular weight is 202 g/mol. The van der Waals surface area contributed by atoms with E-state index in [0.717, 1.165) is 19.6 Å². The van der Waals surface area contributed by atoms with Gasteiger partial charge in [-0.25, -0.2) is 0 Å². The van der Waals surface area contributed by atoms with Crippen LogP contribution in [0.25, 0.3) is 0 Å². The molecule has 3 atom stereocenters. The number of nitrogens with one attached hydrogen (secondary N) is 1. The summed E-state index contributed by atoms with van der Waals surface area (Å²) in [7, 11) is 0. The first kappa shape index (κ1) is 11.4. The number of aliphatic carboxylic acids is 1. The molecule has 5 nitrogen and oxygen atoms in total. The van der Waals surface area contributed by atoms with E-state index in [4.69, 9.17) is 15.6 Å². The van der Waals surface area contributed by atoms with Gasteiger partial charge in [-0.3, -0.25) is 4.79 Å². The summed E-state index contributed by atoms with van der Waals surface area (Å²) in [6, 6.07) is -0.553. The largest absolute Gasteiger partial charge is 0.480 e. The summed E-state index contributed by atoms with van der Waals surface area (Å²) < 4.78 is 5.24. The fourth-order valence-electron chi connectivity index (χ4n) is 1.51. The lowest BCUT2D eigenvalue weighted by Gasteiger charge is -2.20. The molecule has 1 saturated heterocycles. The predicted molar refractivity (Wildman–Crippen MR) is 52.0 cm³/mol. The molecular formula is C9H18N2O3. The Bertz CT molecular complexity index is 192. The van der Waals surface area contributed by atoms with Crippen LogP contribution in [-0.2, 0) is 9.53 Å². The smallest absolute Gasteiger partial charge is 0.321 e. The van der Waals surface area contributed by atoms with Gasteiger partial charge in [0.2, 0.25) is 0 Å². The number of carbonyl (C=O) groups is 1. The maximum atomic E-state index is 10.4. The quantitative estimate of drug-likeness (QED) is 0.555. The van der Waals surface area contributed by atoms with Crippen LogP contribution in [0.15, 0.2) is 0 Å². The molecule has 1 fully saturated rings. The van der Waals surface area contributed by atoms with E-state index in [2.05, 4.69) is 5.32 Å². The van der Waals surface area contributed by atoms with E-state index in [9.17, 15) is 4.79 Å². The number of ether oxygens (including phenoxy) is 1. The van der Waals surface area contributed by atoms with Gasteiger partial charge in [0.15, 0.2) is 0 Å². The second kappa shape index (κ2) is 5.29. The van der Waals surface area contributed by atoms with Crippen molar-refractivity contribution < 1.29 is 14.6 Å². The Balaban J connectivity index is 2.19. The fraction of sp³-hybridized carbons (Fsp3) is 0.889. The standard InChI is InChI=1S/C9H18N2O3/c1-6(7-2-3-14-5-7)11-4-8(10)9(12)13/h6-8,11H,2-5,10H2,1H3,(H,12,13). The Morgan fingerprint density at radius 1 is 1.79 bits per heavy atom. The lowest BCUT2D eigenvalue weighted by Crippen LogP contribution is -2.45. The van der Waals surface area contributed by atoms with Crippen LogP contribution < -0.4 is 11.1 Å². The highest BCUT2D eigenvalue weighted by Gasteiger charge is 2.23. The maximum absolute atomic E-state index is 10.4. The van der Waals surface area contributed by atoms with Crippen molar-refractivity contribution in [3.05, 3.63) is 0 Å². The summed E-state index contributed by atoms with van der Waals surface area (Å²) in [5.74, 6) is -0.483. The van der Waals surface area contributed by atoms with Crippen LogP contribution in [-0.4, -0.2) is 42.9 Å². The van der Waals surface area contributed by atoms with E-state index >= 15 is 0 Å².